The van der Waals surface area contributed by atoms with Crippen LogP contribution in [0.15, 0.2) is 0 Å². The molecule has 0 aliphatic carbocycles. The average molecular weight is 467 g/mol. The number of likely N-dealkylation sites (tertiary alicyclic amines) is 1. The summed E-state index contributed by atoms with van der Waals surface area (Å²) in [5.74, 6) is 3.42. The van der Waals surface area contributed by atoms with E-state index in [1.165, 1.54) is 83.5 Å². The number of carbonyl (C=O) groups excluding carboxylic acids is 1. The van der Waals surface area contributed by atoms with Gasteiger partial charge in [-0.15, -0.1) is 0 Å². The number of urea groups is 1. The fraction of sp³-hybridized carbons (Fsp3) is 0.966. The Morgan fingerprint density at radius 2 is 1.24 bits per heavy atom. The van der Waals surface area contributed by atoms with Crippen molar-refractivity contribution in [2.24, 2.45) is 23.7 Å². The van der Waals surface area contributed by atoms with Gasteiger partial charge >= 0.3 is 6.03 Å². The number of amides is 2. The third kappa shape index (κ3) is 15.7. The van der Waals surface area contributed by atoms with Crippen molar-refractivity contribution in [2.45, 2.75) is 137 Å². The van der Waals surface area contributed by atoms with Gasteiger partial charge < -0.3 is 15.3 Å². The summed E-state index contributed by atoms with van der Waals surface area (Å²) in [6, 6.07) is -0.0102. The zero-order valence-corrected chi connectivity index (χ0v) is 22.9. The van der Waals surface area contributed by atoms with E-state index in [1.807, 2.05) is 0 Å². The number of aliphatic hydroxyl groups excluding tert-OH is 1. The van der Waals surface area contributed by atoms with Crippen LogP contribution in [0.3, 0.4) is 0 Å². The quantitative estimate of drug-likeness (QED) is 0.191. The van der Waals surface area contributed by atoms with Gasteiger partial charge in [0.25, 0.3) is 0 Å². The van der Waals surface area contributed by atoms with Crippen LogP contribution in [0.1, 0.15) is 131 Å². The molecule has 0 aromatic heterocycles. The molecule has 4 heteroatoms. The molecule has 196 valence electrons. The Labute approximate surface area is 206 Å². The fourth-order valence-corrected chi connectivity index (χ4v) is 5.37. The van der Waals surface area contributed by atoms with Gasteiger partial charge in [-0.3, -0.25) is 0 Å². The summed E-state index contributed by atoms with van der Waals surface area (Å²) in [6.45, 7) is 13.9. The number of hydrogen-bond acceptors (Lipinski definition) is 2. The topological polar surface area (TPSA) is 52.6 Å². The van der Waals surface area contributed by atoms with Crippen molar-refractivity contribution in [1.29, 1.82) is 0 Å². The molecule has 0 aromatic rings. The Morgan fingerprint density at radius 3 is 1.70 bits per heavy atom. The van der Waals surface area contributed by atoms with Gasteiger partial charge in [-0.25, -0.2) is 4.79 Å². The molecule has 1 aliphatic heterocycles. The number of carbonyl (C=O) groups is 1. The van der Waals surface area contributed by atoms with E-state index in [0.717, 1.165) is 36.6 Å². The molecule has 0 bridgehead atoms. The van der Waals surface area contributed by atoms with E-state index in [9.17, 15) is 9.90 Å². The highest BCUT2D eigenvalue weighted by molar-refractivity contribution is 5.74. The van der Waals surface area contributed by atoms with Crippen molar-refractivity contribution in [3.8, 4) is 0 Å². The monoisotopic (exact) mass is 466 g/mol. The molecule has 33 heavy (non-hydrogen) atoms. The summed E-state index contributed by atoms with van der Waals surface area (Å²) in [6.07, 6.45) is 19.2. The maximum absolute atomic E-state index is 12.0. The second-order valence-corrected chi connectivity index (χ2v) is 11.6. The van der Waals surface area contributed by atoms with Crippen LogP contribution < -0.4 is 5.32 Å². The van der Waals surface area contributed by atoms with Crippen LogP contribution in [0.4, 0.5) is 4.79 Å². The number of aliphatic hydroxyl groups is 1. The summed E-state index contributed by atoms with van der Waals surface area (Å²) in [4.78, 5) is 13.8. The predicted molar refractivity (Wildman–Crippen MR) is 143 cm³/mol. The van der Waals surface area contributed by atoms with Crippen molar-refractivity contribution in [1.82, 2.24) is 10.2 Å². The van der Waals surface area contributed by atoms with E-state index in [1.54, 1.807) is 4.90 Å². The molecule has 1 aliphatic rings. The second kappa shape index (κ2) is 18.5. The van der Waals surface area contributed by atoms with Crippen molar-refractivity contribution in [2.75, 3.05) is 19.6 Å². The number of nitrogens with one attached hydrogen (secondary N) is 1. The Kier molecular flexibility index (Phi) is 17.0. The number of rotatable bonds is 19. The highest BCUT2D eigenvalue weighted by atomic mass is 16.3. The average Bonchev–Trinajstić information content (AvgIpc) is 3.21. The number of unbranched alkanes of at least 4 members (excludes halogenated alkanes) is 1. The Hall–Kier alpha value is -0.770. The molecule has 0 radical (unpaired) electrons. The zero-order valence-electron chi connectivity index (χ0n) is 22.9. The van der Waals surface area contributed by atoms with E-state index in [-0.39, 0.29) is 12.1 Å². The summed E-state index contributed by atoms with van der Waals surface area (Å²) in [5, 5.41) is 12.5. The van der Waals surface area contributed by atoms with Crippen molar-refractivity contribution >= 4 is 6.03 Å². The lowest BCUT2D eigenvalue weighted by Crippen LogP contribution is -2.39. The lowest BCUT2D eigenvalue weighted by molar-refractivity contribution is 0.172. The highest BCUT2D eigenvalue weighted by Crippen LogP contribution is 2.23. The SMILES string of the molecule is CCCC(C)CCCC(C)CCCCC(C)CCCC(C)CCCNC(=O)N1CC[C@H](O)C1. The molecule has 0 aromatic carbocycles. The molecule has 1 saturated heterocycles. The first-order valence-corrected chi connectivity index (χ1v) is 14.5. The third-order valence-corrected chi connectivity index (χ3v) is 7.81. The highest BCUT2D eigenvalue weighted by Gasteiger charge is 2.23. The van der Waals surface area contributed by atoms with E-state index in [0.29, 0.717) is 19.5 Å². The summed E-state index contributed by atoms with van der Waals surface area (Å²) < 4.78 is 0. The smallest absolute Gasteiger partial charge is 0.317 e. The van der Waals surface area contributed by atoms with Gasteiger partial charge in [0.2, 0.25) is 0 Å². The van der Waals surface area contributed by atoms with Crippen molar-refractivity contribution in [3.63, 3.8) is 0 Å². The number of hydrogen-bond donors (Lipinski definition) is 2. The molecule has 5 atom stereocenters. The minimum Gasteiger partial charge on any atom is -0.391 e. The van der Waals surface area contributed by atoms with E-state index in [4.69, 9.17) is 0 Å². The summed E-state index contributed by atoms with van der Waals surface area (Å²) >= 11 is 0. The first kappa shape index (κ1) is 30.3. The van der Waals surface area contributed by atoms with Gasteiger partial charge in [0, 0.05) is 19.6 Å². The Bertz CT molecular complexity index is 484. The molecule has 2 N–H and O–H groups in total. The fourth-order valence-electron chi connectivity index (χ4n) is 5.37. The molecular formula is C29H58N2O2. The Morgan fingerprint density at radius 1 is 0.788 bits per heavy atom. The van der Waals surface area contributed by atoms with Gasteiger partial charge in [-0.2, -0.15) is 0 Å². The van der Waals surface area contributed by atoms with E-state index in [2.05, 4.69) is 39.9 Å². The molecule has 4 nitrogen and oxygen atoms in total. The number of nitrogens with zero attached hydrogens (tertiary/aromatic N) is 1. The van der Waals surface area contributed by atoms with E-state index < -0.39 is 0 Å². The maximum atomic E-state index is 12.0. The largest absolute Gasteiger partial charge is 0.391 e. The lowest BCUT2D eigenvalue weighted by Gasteiger charge is -2.17. The van der Waals surface area contributed by atoms with Crippen LogP contribution in [-0.4, -0.2) is 41.8 Å². The van der Waals surface area contributed by atoms with Gasteiger partial charge in [0.1, 0.15) is 0 Å². The minimum atomic E-state index is -0.337. The van der Waals surface area contributed by atoms with E-state index >= 15 is 0 Å². The van der Waals surface area contributed by atoms with Crippen molar-refractivity contribution in [3.05, 3.63) is 0 Å². The molecule has 0 saturated carbocycles. The van der Waals surface area contributed by atoms with Gasteiger partial charge in [0.15, 0.2) is 0 Å². The molecule has 1 fully saturated rings. The summed E-state index contributed by atoms with van der Waals surface area (Å²) in [5.41, 5.74) is 0. The standard InChI is InChI=1S/C29H58N2O2/c1-6-12-24(2)15-9-16-25(3)13-7-8-14-26(4)17-10-18-27(5)19-11-21-30-29(33)31-22-20-28(32)23-31/h24-28,32H,6-23H2,1-5H3,(H,30,33)/t24?,25?,26?,27?,28-/m0/s1. The van der Waals surface area contributed by atoms with Gasteiger partial charge in [-0.05, 0) is 42.9 Å². The van der Waals surface area contributed by atoms with Crippen LogP contribution >= 0.6 is 0 Å². The maximum Gasteiger partial charge on any atom is 0.317 e. The third-order valence-electron chi connectivity index (χ3n) is 7.81. The predicted octanol–water partition coefficient (Wildman–Crippen LogP) is 7.79. The van der Waals surface area contributed by atoms with Gasteiger partial charge in [-0.1, -0.05) is 112 Å². The molecule has 4 unspecified atom stereocenters. The minimum absolute atomic E-state index is 0.0102. The molecule has 0 spiro atoms. The van der Waals surface area contributed by atoms with Crippen LogP contribution in [-0.2, 0) is 0 Å². The lowest BCUT2D eigenvalue weighted by atomic mass is 9.91. The van der Waals surface area contributed by atoms with Crippen LogP contribution in [0, 0.1) is 23.7 Å². The van der Waals surface area contributed by atoms with Gasteiger partial charge in [0.05, 0.1) is 6.10 Å². The molecular weight excluding hydrogens is 408 g/mol. The summed E-state index contributed by atoms with van der Waals surface area (Å²) in [7, 11) is 0. The molecule has 1 heterocycles. The molecule has 2 amide bonds. The van der Waals surface area contributed by atoms with Crippen LogP contribution in [0.2, 0.25) is 0 Å². The van der Waals surface area contributed by atoms with Crippen molar-refractivity contribution < 1.29 is 9.90 Å². The van der Waals surface area contributed by atoms with Crippen LogP contribution in [0.25, 0.3) is 0 Å². The first-order chi connectivity index (χ1) is 15.8. The zero-order chi connectivity index (χ0) is 24.5. The second-order valence-electron chi connectivity index (χ2n) is 11.6. The Balaban J connectivity index is 1.93. The first-order valence-electron chi connectivity index (χ1n) is 14.5. The normalized spacial score (nSPS) is 19.9. The van der Waals surface area contributed by atoms with Crippen LogP contribution in [0.5, 0.6) is 0 Å². The molecule has 1 rings (SSSR count). The number of β-amino-alcohol motifs (C(OH)–C–C–N with tert-alkyl or cyclic N) is 1.